The van der Waals surface area contributed by atoms with Crippen LogP contribution in [0.15, 0.2) is 18.3 Å². The lowest BCUT2D eigenvalue weighted by Crippen LogP contribution is -2.75. The molecule has 0 atom stereocenters. The maximum Gasteiger partial charge on any atom is 0.260 e. The normalized spacial score (nSPS) is 23.3. The summed E-state index contributed by atoms with van der Waals surface area (Å²) in [5, 5.41) is 0. The van der Waals surface area contributed by atoms with E-state index in [4.69, 9.17) is 0 Å². The van der Waals surface area contributed by atoms with E-state index < -0.39 is 5.67 Å². The second kappa shape index (κ2) is 6.32. The van der Waals surface area contributed by atoms with E-state index in [1.807, 2.05) is 24.0 Å². The Morgan fingerprint density at radius 2 is 1.77 bits per heavy atom. The average Bonchev–Trinajstić information content (AvgIpc) is 2.55. The van der Waals surface area contributed by atoms with Crippen molar-refractivity contribution in [3.05, 3.63) is 29.6 Å². The van der Waals surface area contributed by atoms with Crippen LogP contribution < -0.4 is 0 Å². The van der Waals surface area contributed by atoms with Gasteiger partial charge in [0.25, 0.3) is 5.91 Å². The second-order valence-electron chi connectivity index (χ2n) is 8.36. The number of alkyl halides is 1. The van der Waals surface area contributed by atoms with Gasteiger partial charge in [-0.1, -0.05) is 12.5 Å². The van der Waals surface area contributed by atoms with Crippen molar-refractivity contribution in [2.45, 2.75) is 51.1 Å². The minimum absolute atomic E-state index is 0.000327. The highest BCUT2D eigenvalue weighted by Crippen LogP contribution is 2.43. The topological polar surface area (TPSA) is 53.5 Å². The predicted molar refractivity (Wildman–Crippen MR) is 95.2 cm³/mol. The first kappa shape index (κ1) is 17.4. The highest BCUT2D eigenvalue weighted by atomic mass is 19.1. The molecule has 4 rings (SSSR count). The number of carbonyl (C=O) groups excluding carboxylic acids is 2. The van der Waals surface area contributed by atoms with Crippen molar-refractivity contribution in [2.24, 2.45) is 5.41 Å². The van der Waals surface area contributed by atoms with Crippen molar-refractivity contribution in [3.63, 3.8) is 0 Å². The van der Waals surface area contributed by atoms with E-state index >= 15 is 0 Å². The first-order valence-corrected chi connectivity index (χ1v) is 9.57. The number of nitrogens with zero attached hydrogens (tertiary/aromatic N) is 3. The molecule has 0 bridgehead atoms. The molecule has 2 amide bonds. The van der Waals surface area contributed by atoms with Gasteiger partial charge in [0.2, 0.25) is 5.91 Å². The third-order valence-electron chi connectivity index (χ3n) is 6.23. The summed E-state index contributed by atoms with van der Waals surface area (Å²) >= 11 is 0. The number of carbonyl (C=O) groups is 2. The Morgan fingerprint density at radius 3 is 2.42 bits per heavy atom. The molecule has 2 saturated heterocycles. The molecular weight excluding hydrogens is 333 g/mol. The summed E-state index contributed by atoms with van der Waals surface area (Å²) in [4.78, 5) is 32.7. The summed E-state index contributed by atoms with van der Waals surface area (Å²) in [6.45, 7) is 4.44. The predicted octanol–water partition coefficient (Wildman–Crippen LogP) is 2.28. The van der Waals surface area contributed by atoms with Crippen LogP contribution in [-0.4, -0.2) is 58.4 Å². The van der Waals surface area contributed by atoms with Gasteiger partial charge in [-0.2, -0.15) is 0 Å². The van der Waals surface area contributed by atoms with Crippen LogP contribution >= 0.6 is 0 Å². The molecule has 1 aromatic heterocycles. The van der Waals surface area contributed by atoms with E-state index in [1.54, 1.807) is 11.1 Å². The first-order chi connectivity index (χ1) is 12.4. The molecule has 3 heterocycles. The second-order valence-corrected chi connectivity index (χ2v) is 8.36. The minimum Gasteiger partial charge on any atom is -0.341 e. The standard InChI is InChI=1S/C20H26FN3O2/c1-15-16(6-5-9-22-15)10-17(25)23-11-19(12-23)13-24(14-19)18(26)20(21)7-3-2-4-8-20/h5-6,9H,2-4,7-8,10-14H2,1H3. The molecule has 140 valence electrons. The van der Waals surface area contributed by atoms with Gasteiger partial charge >= 0.3 is 0 Å². The Morgan fingerprint density at radius 1 is 1.12 bits per heavy atom. The van der Waals surface area contributed by atoms with E-state index in [0.29, 0.717) is 45.4 Å². The molecule has 1 aromatic rings. The first-order valence-electron chi connectivity index (χ1n) is 9.57. The molecule has 3 fully saturated rings. The summed E-state index contributed by atoms with van der Waals surface area (Å²) in [5.74, 6) is -0.218. The largest absolute Gasteiger partial charge is 0.341 e. The highest BCUT2D eigenvalue weighted by molar-refractivity contribution is 5.86. The lowest BCUT2D eigenvalue weighted by molar-refractivity contribution is -0.177. The highest BCUT2D eigenvalue weighted by Gasteiger charge is 2.57. The van der Waals surface area contributed by atoms with Crippen LogP contribution in [0.1, 0.15) is 43.4 Å². The molecular formula is C20H26FN3O2. The molecule has 0 aromatic carbocycles. The van der Waals surface area contributed by atoms with E-state index in [2.05, 4.69) is 4.98 Å². The number of halogens is 1. The van der Waals surface area contributed by atoms with Crippen LogP contribution in [0.4, 0.5) is 4.39 Å². The molecule has 2 aliphatic heterocycles. The quantitative estimate of drug-likeness (QED) is 0.832. The van der Waals surface area contributed by atoms with E-state index in [0.717, 1.165) is 30.5 Å². The minimum atomic E-state index is -1.64. The molecule has 0 radical (unpaired) electrons. The molecule has 0 unspecified atom stereocenters. The molecule has 1 aliphatic carbocycles. The van der Waals surface area contributed by atoms with Gasteiger partial charge in [0, 0.05) is 43.5 Å². The Balaban J connectivity index is 1.27. The van der Waals surface area contributed by atoms with Gasteiger partial charge in [-0.15, -0.1) is 0 Å². The third kappa shape index (κ3) is 2.99. The van der Waals surface area contributed by atoms with Crippen LogP contribution in [0.3, 0.4) is 0 Å². The molecule has 5 nitrogen and oxygen atoms in total. The number of hydrogen-bond acceptors (Lipinski definition) is 3. The molecule has 26 heavy (non-hydrogen) atoms. The zero-order valence-corrected chi connectivity index (χ0v) is 15.3. The van der Waals surface area contributed by atoms with Crippen LogP contribution in [0, 0.1) is 12.3 Å². The Hall–Kier alpha value is -1.98. The van der Waals surface area contributed by atoms with Crippen molar-refractivity contribution < 1.29 is 14.0 Å². The zero-order valence-electron chi connectivity index (χ0n) is 15.3. The van der Waals surface area contributed by atoms with Crippen LogP contribution in [0.5, 0.6) is 0 Å². The number of pyridine rings is 1. The Kier molecular flexibility index (Phi) is 4.24. The molecule has 6 heteroatoms. The third-order valence-corrected chi connectivity index (χ3v) is 6.23. The van der Waals surface area contributed by atoms with Crippen molar-refractivity contribution in [1.29, 1.82) is 0 Å². The maximum atomic E-state index is 14.8. The smallest absolute Gasteiger partial charge is 0.260 e. The number of aryl methyl sites for hydroxylation is 1. The van der Waals surface area contributed by atoms with Crippen LogP contribution in [-0.2, 0) is 16.0 Å². The molecule has 1 saturated carbocycles. The Bertz CT molecular complexity index is 716. The molecule has 0 N–H and O–H groups in total. The van der Waals surface area contributed by atoms with Crippen molar-refractivity contribution >= 4 is 11.8 Å². The SMILES string of the molecule is Cc1ncccc1CC(=O)N1CC2(C1)CN(C(=O)C1(F)CCCCC1)C2. The number of amides is 2. The average molecular weight is 359 g/mol. The maximum absolute atomic E-state index is 14.8. The van der Waals surface area contributed by atoms with Gasteiger partial charge < -0.3 is 9.80 Å². The fourth-order valence-corrected chi connectivity index (χ4v) is 4.64. The Labute approximate surface area is 153 Å². The number of hydrogen-bond donors (Lipinski definition) is 0. The van der Waals surface area contributed by atoms with Crippen LogP contribution in [0.25, 0.3) is 0 Å². The van der Waals surface area contributed by atoms with E-state index in [1.165, 1.54) is 0 Å². The van der Waals surface area contributed by atoms with Crippen molar-refractivity contribution in [2.75, 3.05) is 26.2 Å². The summed E-state index contributed by atoms with van der Waals surface area (Å²) in [6.07, 6.45) is 5.46. The number of aromatic nitrogens is 1. The summed E-state index contributed by atoms with van der Waals surface area (Å²) in [6, 6.07) is 3.78. The zero-order chi connectivity index (χ0) is 18.4. The van der Waals surface area contributed by atoms with E-state index in [9.17, 15) is 14.0 Å². The molecule has 1 spiro atoms. The van der Waals surface area contributed by atoms with Gasteiger partial charge in [0.15, 0.2) is 5.67 Å². The lowest BCUT2D eigenvalue weighted by atomic mass is 9.71. The summed E-state index contributed by atoms with van der Waals surface area (Å²) in [5.41, 5.74) is 0.204. The van der Waals surface area contributed by atoms with Gasteiger partial charge in [-0.25, -0.2) is 4.39 Å². The fraction of sp³-hybridized carbons (Fsp3) is 0.650. The summed E-state index contributed by atoms with van der Waals surface area (Å²) < 4.78 is 14.8. The van der Waals surface area contributed by atoms with Gasteiger partial charge in [0.05, 0.1) is 6.42 Å². The number of likely N-dealkylation sites (tertiary alicyclic amines) is 2. The number of rotatable bonds is 3. The van der Waals surface area contributed by atoms with Crippen molar-refractivity contribution in [3.8, 4) is 0 Å². The van der Waals surface area contributed by atoms with Gasteiger partial charge in [-0.05, 0) is 44.2 Å². The van der Waals surface area contributed by atoms with E-state index in [-0.39, 0.29) is 17.2 Å². The molecule has 3 aliphatic rings. The van der Waals surface area contributed by atoms with Gasteiger partial charge in [0.1, 0.15) is 0 Å². The van der Waals surface area contributed by atoms with Gasteiger partial charge in [-0.3, -0.25) is 14.6 Å². The lowest BCUT2D eigenvalue weighted by Gasteiger charge is -2.60. The summed E-state index contributed by atoms with van der Waals surface area (Å²) in [7, 11) is 0. The fourth-order valence-electron chi connectivity index (χ4n) is 4.64. The monoisotopic (exact) mass is 359 g/mol. The van der Waals surface area contributed by atoms with Crippen molar-refractivity contribution in [1.82, 2.24) is 14.8 Å². The van der Waals surface area contributed by atoms with Crippen LogP contribution in [0.2, 0.25) is 0 Å².